The summed E-state index contributed by atoms with van der Waals surface area (Å²) in [5.41, 5.74) is 4.31. The molecule has 6 rings (SSSR count). The number of hydrogen-bond donors (Lipinski definition) is 2. The van der Waals surface area contributed by atoms with Gasteiger partial charge in [-0.3, -0.25) is 4.57 Å². The van der Waals surface area contributed by atoms with Crippen LogP contribution in [0.4, 0.5) is 17.5 Å². The van der Waals surface area contributed by atoms with Gasteiger partial charge in [0.15, 0.2) is 17.0 Å². The van der Waals surface area contributed by atoms with Gasteiger partial charge in [0, 0.05) is 29.1 Å². The summed E-state index contributed by atoms with van der Waals surface area (Å²) in [7, 11) is 0. The molecule has 0 saturated heterocycles. The van der Waals surface area contributed by atoms with Gasteiger partial charge in [-0.05, 0) is 47.8 Å². The highest BCUT2D eigenvalue weighted by molar-refractivity contribution is 7.08. The van der Waals surface area contributed by atoms with Crippen molar-refractivity contribution in [2.45, 2.75) is 0 Å². The van der Waals surface area contributed by atoms with Gasteiger partial charge in [0.2, 0.25) is 5.95 Å². The van der Waals surface area contributed by atoms with E-state index in [1.807, 2.05) is 81.4 Å². The number of nitrogens with one attached hydrogen (secondary N) is 2. The molecule has 0 bridgehead atoms. The third kappa shape index (κ3) is 4.62. The Balaban J connectivity index is 1.26. The van der Waals surface area contributed by atoms with Crippen LogP contribution in [0.5, 0.6) is 5.75 Å². The van der Waals surface area contributed by atoms with Crippen molar-refractivity contribution >= 4 is 40.0 Å². The van der Waals surface area contributed by atoms with E-state index in [9.17, 15) is 0 Å². The quantitative estimate of drug-likeness (QED) is 0.264. The number of para-hydroxylation sites is 1. The summed E-state index contributed by atoms with van der Waals surface area (Å²) in [5.74, 6) is 1.94. The minimum atomic E-state index is 0.473. The van der Waals surface area contributed by atoms with Gasteiger partial charge in [0.05, 0.1) is 18.6 Å². The number of imidazole rings is 2. The number of hydrogen-bond acceptors (Lipinski definition) is 8. The van der Waals surface area contributed by atoms with Crippen molar-refractivity contribution in [1.29, 1.82) is 0 Å². The molecule has 10 heteroatoms. The fourth-order valence-corrected chi connectivity index (χ4v) is 4.40. The molecule has 0 spiro atoms. The molecule has 0 aliphatic rings. The van der Waals surface area contributed by atoms with Crippen molar-refractivity contribution < 1.29 is 4.74 Å². The minimum Gasteiger partial charge on any atom is -0.492 e. The first-order valence-electron chi connectivity index (χ1n) is 11.4. The molecule has 178 valence electrons. The average molecular weight is 495 g/mol. The summed E-state index contributed by atoms with van der Waals surface area (Å²) in [4.78, 5) is 18.2. The Morgan fingerprint density at radius 2 is 1.81 bits per heavy atom. The van der Waals surface area contributed by atoms with Crippen LogP contribution in [-0.2, 0) is 0 Å². The Kier molecular flexibility index (Phi) is 5.99. The summed E-state index contributed by atoms with van der Waals surface area (Å²) in [6.07, 6.45) is 7.21. The highest BCUT2D eigenvalue weighted by Crippen LogP contribution is 2.26. The van der Waals surface area contributed by atoms with Crippen LogP contribution < -0.4 is 15.4 Å². The van der Waals surface area contributed by atoms with Crippen LogP contribution in [0.15, 0.2) is 96.5 Å². The zero-order chi connectivity index (χ0) is 24.2. The molecule has 6 aromatic rings. The van der Waals surface area contributed by atoms with E-state index in [-0.39, 0.29) is 0 Å². The van der Waals surface area contributed by atoms with Crippen molar-refractivity contribution in [1.82, 2.24) is 29.1 Å². The van der Waals surface area contributed by atoms with Gasteiger partial charge < -0.3 is 19.9 Å². The maximum Gasteiger partial charge on any atom is 0.231 e. The lowest BCUT2D eigenvalue weighted by Crippen LogP contribution is -2.13. The number of rotatable bonds is 9. The van der Waals surface area contributed by atoms with Crippen molar-refractivity contribution in [3.05, 3.63) is 96.5 Å². The summed E-state index contributed by atoms with van der Waals surface area (Å²) in [5, 5.41) is 10.8. The van der Waals surface area contributed by atoms with E-state index in [0.29, 0.717) is 36.1 Å². The highest BCUT2D eigenvalue weighted by Gasteiger charge is 2.15. The third-order valence-electron chi connectivity index (χ3n) is 5.51. The Labute approximate surface area is 211 Å². The van der Waals surface area contributed by atoms with E-state index < -0.39 is 0 Å². The fraction of sp³-hybridized carbons (Fsp3) is 0.0769. The van der Waals surface area contributed by atoms with Crippen LogP contribution in [0.1, 0.15) is 0 Å². The average Bonchev–Trinajstić information content (AvgIpc) is 3.70. The highest BCUT2D eigenvalue weighted by atomic mass is 32.1. The molecule has 0 atom stereocenters. The SMILES string of the molecule is c1ccc(OCCNc2nc(Nc3ccc(-n4ccnc4)cc3)nc3c2ncn3-c2ccsc2)cc1. The second-order valence-corrected chi connectivity index (χ2v) is 8.67. The number of thiophene rings is 1. The van der Waals surface area contributed by atoms with Crippen molar-refractivity contribution in [3.63, 3.8) is 0 Å². The number of benzene rings is 2. The molecule has 4 aromatic heterocycles. The lowest BCUT2D eigenvalue weighted by atomic mass is 10.3. The molecule has 0 fully saturated rings. The van der Waals surface area contributed by atoms with E-state index in [1.165, 1.54) is 0 Å². The zero-order valence-corrected chi connectivity index (χ0v) is 20.0. The van der Waals surface area contributed by atoms with Gasteiger partial charge >= 0.3 is 0 Å². The smallest absolute Gasteiger partial charge is 0.231 e. The molecule has 0 amide bonds. The van der Waals surface area contributed by atoms with E-state index in [2.05, 4.69) is 26.0 Å². The molecule has 2 aromatic carbocycles. The van der Waals surface area contributed by atoms with E-state index in [1.54, 1.807) is 30.2 Å². The Hall–Kier alpha value is -4.70. The molecule has 9 nitrogen and oxygen atoms in total. The van der Waals surface area contributed by atoms with E-state index >= 15 is 0 Å². The monoisotopic (exact) mass is 494 g/mol. The Bertz CT molecular complexity index is 1550. The Morgan fingerprint density at radius 1 is 0.917 bits per heavy atom. The molecular weight excluding hydrogens is 472 g/mol. The van der Waals surface area contributed by atoms with Gasteiger partial charge in [-0.2, -0.15) is 21.3 Å². The molecule has 0 saturated carbocycles. The van der Waals surface area contributed by atoms with E-state index in [4.69, 9.17) is 14.7 Å². The molecule has 2 N–H and O–H groups in total. The van der Waals surface area contributed by atoms with Crippen LogP contribution in [0.2, 0.25) is 0 Å². The number of aromatic nitrogens is 6. The first-order chi connectivity index (χ1) is 17.8. The fourth-order valence-electron chi connectivity index (χ4n) is 3.78. The minimum absolute atomic E-state index is 0.473. The second kappa shape index (κ2) is 9.88. The van der Waals surface area contributed by atoms with Crippen LogP contribution >= 0.6 is 11.3 Å². The van der Waals surface area contributed by atoms with Gasteiger partial charge in [0.1, 0.15) is 18.7 Å². The predicted molar refractivity (Wildman–Crippen MR) is 142 cm³/mol. The molecule has 0 aliphatic carbocycles. The second-order valence-electron chi connectivity index (χ2n) is 7.89. The normalized spacial score (nSPS) is 11.0. The van der Waals surface area contributed by atoms with Crippen LogP contribution in [0.25, 0.3) is 22.5 Å². The van der Waals surface area contributed by atoms with Gasteiger partial charge in [0.25, 0.3) is 0 Å². The lowest BCUT2D eigenvalue weighted by Gasteiger charge is -2.12. The van der Waals surface area contributed by atoms with Gasteiger partial charge in [-0.25, -0.2) is 9.97 Å². The first-order valence-corrected chi connectivity index (χ1v) is 12.3. The van der Waals surface area contributed by atoms with Crippen molar-refractivity contribution in [2.75, 3.05) is 23.8 Å². The largest absolute Gasteiger partial charge is 0.492 e. The molecule has 4 heterocycles. The summed E-state index contributed by atoms with van der Waals surface area (Å²) >= 11 is 1.63. The number of fused-ring (bicyclic) bond motifs is 1. The molecular formula is C26H22N8OS. The van der Waals surface area contributed by atoms with E-state index in [0.717, 1.165) is 22.8 Å². The van der Waals surface area contributed by atoms with Crippen LogP contribution in [0.3, 0.4) is 0 Å². The van der Waals surface area contributed by atoms with Gasteiger partial charge in [-0.15, -0.1) is 0 Å². The van der Waals surface area contributed by atoms with Crippen molar-refractivity contribution in [2.24, 2.45) is 0 Å². The maximum absolute atomic E-state index is 5.82. The molecule has 0 unspecified atom stereocenters. The maximum atomic E-state index is 5.82. The van der Waals surface area contributed by atoms with Crippen molar-refractivity contribution in [3.8, 4) is 17.1 Å². The first kappa shape index (κ1) is 21.8. The zero-order valence-electron chi connectivity index (χ0n) is 19.2. The lowest BCUT2D eigenvalue weighted by molar-refractivity contribution is 0.333. The Morgan fingerprint density at radius 3 is 2.58 bits per heavy atom. The number of ether oxygens (including phenoxy) is 1. The molecule has 0 aliphatic heterocycles. The number of nitrogens with zero attached hydrogens (tertiary/aromatic N) is 6. The summed E-state index contributed by atoms with van der Waals surface area (Å²) in [6.45, 7) is 1.05. The molecule has 36 heavy (non-hydrogen) atoms. The summed E-state index contributed by atoms with van der Waals surface area (Å²) < 4.78 is 9.73. The standard InChI is InChI=1S/C26H22N8OS/c1-2-4-22(5-3-1)35-14-12-28-24-23-25(34(18-29-23)21-10-15-36-16-21)32-26(31-24)30-19-6-8-20(9-7-19)33-13-11-27-17-33/h1-11,13,15-18H,12,14H2,(H2,28,30,31,32). The van der Waals surface area contributed by atoms with Gasteiger partial charge in [-0.1, -0.05) is 18.2 Å². The molecule has 0 radical (unpaired) electrons. The topological polar surface area (TPSA) is 94.7 Å². The number of anilines is 3. The predicted octanol–water partition coefficient (Wildman–Crippen LogP) is 5.30. The third-order valence-corrected chi connectivity index (χ3v) is 6.18. The summed E-state index contributed by atoms with van der Waals surface area (Å²) in [6, 6.07) is 19.8. The van der Waals surface area contributed by atoms with Crippen LogP contribution in [0, 0.1) is 0 Å². The van der Waals surface area contributed by atoms with Crippen LogP contribution in [-0.4, -0.2) is 42.2 Å².